The third kappa shape index (κ3) is 5.99. The molecule has 0 aliphatic carbocycles. The Morgan fingerprint density at radius 2 is 1.95 bits per heavy atom. The van der Waals surface area contributed by atoms with Crippen LogP contribution in [0, 0.1) is 12.3 Å². The van der Waals surface area contributed by atoms with Gasteiger partial charge in [0.25, 0.3) is 6.43 Å². The maximum absolute atomic E-state index is 13.7. The highest BCUT2D eigenvalue weighted by Gasteiger charge is 2.22. The molecule has 1 aromatic carbocycles. The van der Waals surface area contributed by atoms with Crippen LogP contribution in [0.4, 0.5) is 8.78 Å². The summed E-state index contributed by atoms with van der Waals surface area (Å²) in [6.45, 7) is 4.33. The lowest BCUT2D eigenvalue weighted by Crippen LogP contribution is -2.05. The number of fused-ring (bicyclic) bond motifs is 1. The number of aryl methyl sites for hydroxylation is 1. The number of aromatic nitrogens is 5. The van der Waals surface area contributed by atoms with Gasteiger partial charge in [-0.05, 0) is 24.0 Å². The number of rotatable bonds is 13. The van der Waals surface area contributed by atoms with Gasteiger partial charge < -0.3 is 0 Å². The molecule has 0 N–H and O–H groups in total. The Morgan fingerprint density at radius 1 is 1.13 bits per heavy atom. The summed E-state index contributed by atoms with van der Waals surface area (Å²) in [6.07, 6.45) is 16.4. The first-order valence-electron chi connectivity index (χ1n) is 13.2. The lowest BCUT2D eigenvalue weighted by molar-refractivity contribution is 0.0978. The predicted molar refractivity (Wildman–Crippen MR) is 144 cm³/mol. The molecule has 38 heavy (non-hydrogen) atoms. The smallest absolute Gasteiger partial charge is 0.282 e. The summed E-state index contributed by atoms with van der Waals surface area (Å²) in [7, 11) is 0. The number of terminal acetylenes is 1. The monoisotopic (exact) mass is 517 g/mol. The number of nitrogens with zero attached hydrogens (tertiary/aromatic N) is 5. The molecule has 6 nitrogen and oxygen atoms in total. The second-order valence-corrected chi connectivity index (χ2v) is 9.45. The van der Waals surface area contributed by atoms with Gasteiger partial charge in [0.15, 0.2) is 11.4 Å². The topological polar surface area (TPSA) is 65.1 Å². The zero-order valence-corrected chi connectivity index (χ0v) is 22.0. The SMILES string of the molecule is C#CCn1cc(-c2cnc3c(Cc4ccc(C(=O)CCCCCCC)c(CC)c4)nccn23)c(C(F)F)n1. The zero-order valence-electron chi connectivity index (χ0n) is 22.0. The minimum Gasteiger partial charge on any atom is -0.296 e. The number of ketones is 1. The molecule has 0 aliphatic heterocycles. The standard InChI is InChI=1S/C30H33F2N5O/c1-4-7-8-9-10-11-27(38)23-13-12-21(17-22(23)6-3)18-25-30-34-19-26(37(30)16-14-33-25)24-20-36(15-5-2)35-28(24)29(31)32/h2,12-14,16-17,19-20,29H,4,6-11,15,18H2,1,3H3. The minimum absolute atomic E-state index is 0.0976. The van der Waals surface area contributed by atoms with Crippen molar-refractivity contribution in [3.8, 4) is 23.6 Å². The van der Waals surface area contributed by atoms with Crippen LogP contribution in [-0.2, 0) is 19.4 Å². The minimum atomic E-state index is -2.75. The number of unbranched alkanes of at least 4 members (excludes halogenated alkanes) is 4. The molecule has 3 heterocycles. The normalized spacial score (nSPS) is 11.4. The largest absolute Gasteiger partial charge is 0.296 e. The van der Waals surface area contributed by atoms with E-state index >= 15 is 0 Å². The molecular weight excluding hydrogens is 484 g/mol. The maximum Gasteiger partial charge on any atom is 0.282 e. The van der Waals surface area contributed by atoms with E-state index in [1.807, 2.05) is 12.1 Å². The van der Waals surface area contributed by atoms with Gasteiger partial charge in [-0.2, -0.15) is 5.10 Å². The van der Waals surface area contributed by atoms with E-state index in [1.54, 1.807) is 23.0 Å². The van der Waals surface area contributed by atoms with Crippen LogP contribution in [0.5, 0.6) is 0 Å². The summed E-state index contributed by atoms with van der Waals surface area (Å²) in [4.78, 5) is 21.9. The number of hydrogen-bond acceptors (Lipinski definition) is 4. The first kappa shape index (κ1) is 27.2. The first-order chi connectivity index (χ1) is 18.5. The predicted octanol–water partition coefficient (Wildman–Crippen LogP) is 6.86. The van der Waals surface area contributed by atoms with E-state index in [1.165, 1.54) is 30.1 Å². The summed E-state index contributed by atoms with van der Waals surface area (Å²) in [5.74, 6) is 2.62. The van der Waals surface area contributed by atoms with Gasteiger partial charge in [-0.3, -0.25) is 18.9 Å². The molecular formula is C30H33F2N5O. The fourth-order valence-electron chi connectivity index (χ4n) is 4.80. The third-order valence-corrected chi connectivity index (χ3v) is 6.76. The lowest BCUT2D eigenvalue weighted by atomic mass is 9.94. The molecule has 4 rings (SSSR count). The van der Waals surface area contributed by atoms with E-state index in [9.17, 15) is 13.6 Å². The first-order valence-corrected chi connectivity index (χ1v) is 13.2. The van der Waals surface area contributed by atoms with E-state index in [4.69, 9.17) is 6.42 Å². The van der Waals surface area contributed by atoms with Crippen LogP contribution in [0.2, 0.25) is 0 Å². The molecule has 0 spiro atoms. The van der Waals surface area contributed by atoms with Crippen LogP contribution < -0.4 is 0 Å². The van der Waals surface area contributed by atoms with Crippen molar-refractivity contribution in [1.29, 1.82) is 0 Å². The molecule has 0 radical (unpaired) electrons. The van der Waals surface area contributed by atoms with Crippen LogP contribution in [0.1, 0.15) is 91.7 Å². The molecule has 0 bridgehead atoms. The Kier molecular flexibility index (Phi) is 9.01. The molecule has 0 amide bonds. The number of benzene rings is 1. The van der Waals surface area contributed by atoms with Crippen molar-refractivity contribution in [2.24, 2.45) is 0 Å². The molecule has 0 aliphatic rings. The molecule has 8 heteroatoms. The van der Waals surface area contributed by atoms with Gasteiger partial charge in [0, 0.05) is 42.6 Å². The molecule has 0 fully saturated rings. The van der Waals surface area contributed by atoms with E-state index in [-0.39, 0.29) is 23.6 Å². The van der Waals surface area contributed by atoms with Crippen LogP contribution in [0.25, 0.3) is 16.9 Å². The summed E-state index contributed by atoms with van der Waals surface area (Å²) in [5.41, 5.74) is 4.58. The molecule has 0 atom stereocenters. The van der Waals surface area contributed by atoms with Crippen LogP contribution in [0.15, 0.2) is 43.0 Å². The number of hydrogen-bond donors (Lipinski definition) is 0. The fourth-order valence-corrected chi connectivity index (χ4v) is 4.80. The number of Topliss-reactive ketones (excluding diaryl/α,β-unsaturated/α-hetero) is 1. The van der Waals surface area contributed by atoms with Crippen molar-refractivity contribution in [3.63, 3.8) is 0 Å². The van der Waals surface area contributed by atoms with Gasteiger partial charge in [-0.1, -0.05) is 63.7 Å². The van der Waals surface area contributed by atoms with Crippen LogP contribution in [-0.4, -0.2) is 29.9 Å². The molecule has 0 saturated carbocycles. The van der Waals surface area contributed by atoms with E-state index in [2.05, 4.69) is 40.9 Å². The summed E-state index contributed by atoms with van der Waals surface area (Å²) in [5, 5.41) is 3.97. The highest BCUT2D eigenvalue weighted by molar-refractivity contribution is 5.97. The Balaban J connectivity index is 1.58. The van der Waals surface area contributed by atoms with Gasteiger partial charge in [-0.25, -0.2) is 13.8 Å². The van der Waals surface area contributed by atoms with Crippen LogP contribution in [0.3, 0.4) is 0 Å². The Labute approximate surface area is 222 Å². The fraction of sp³-hybridized carbons (Fsp3) is 0.400. The molecule has 0 unspecified atom stereocenters. The summed E-state index contributed by atoms with van der Waals surface area (Å²) in [6, 6.07) is 5.96. The number of carbonyl (C=O) groups excluding carboxylic acids is 1. The zero-order chi connectivity index (χ0) is 27.1. The second-order valence-electron chi connectivity index (χ2n) is 9.45. The molecule has 0 saturated heterocycles. The third-order valence-electron chi connectivity index (χ3n) is 6.76. The molecule has 198 valence electrons. The van der Waals surface area contributed by atoms with Gasteiger partial charge in [0.05, 0.1) is 17.6 Å². The average Bonchev–Trinajstić information content (AvgIpc) is 3.53. The van der Waals surface area contributed by atoms with Crippen molar-refractivity contribution in [2.45, 2.75) is 78.2 Å². The Hall–Kier alpha value is -3.86. The van der Waals surface area contributed by atoms with Crippen molar-refractivity contribution in [1.82, 2.24) is 24.1 Å². The number of alkyl halides is 2. The van der Waals surface area contributed by atoms with Gasteiger partial charge >= 0.3 is 0 Å². The second kappa shape index (κ2) is 12.6. The highest BCUT2D eigenvalue weighted by atomic mass is 19.3. The van der Waals surface area contributed by atoms with Gasteiger partial charge in [-0.15, -0.1) is 6.42 Å². The number of halogens is 2. The number of carbonyl (C=O) groups is 1. The van der Waals surface area contributed by atoms with Crippen molar-refractivity contribution in [2.75, 3.05) is 0 Å². The van der Waals surface area contributed by atoms with Crippen molar-refractivity contribution in [3.05, 3.63) is 71.1 Å². The van der Waals surface area contributed by atoms with E-state index < -0.39 is 6.43 Å². The molecule has 3 aromatic heterocycles. The van der Waals surface area contributed by atoms with E-state index in [0.29, 0.717) is 29.9 Å². The Morgan fingerprint density at radius 3 is 2.68 bits per heavy atom. The van der Waals surface area contributed by atoms with Gasteiger partial charge in [0.2, 0.25) is 0 Å². The van der Waals surface area contributed by atoms with Crippen molar-refractivity contribution >= 4 is 11.4 Å². The Bertz CT molecular complexity index is 1450. The summed E-state index contributed by atoms with van der Waals surface area (Å²) < 4.78 is 30.5. The highest BCUT2D eigenvalue weighted by Crippen LogP contribution is 2.31. The quantitative estimate of drug-likeness (QED) is 0.110. The lowest BCUT2D eigenvalue weighted by Gasteiger charge is -2.11. The van der Waals surface area contributed by atoms with E-state index in [0.717, 1.165) is 36.0 Å². The maximum atomic E-state index is 13.7. The number of imidazole rings is 1. The van der Waals surface area contributed by atoms with Gasteiger partial charge in [0.1, 0.15) is 12.2 Å². The summed E-state index contributed by atoms with van der Waals surface area (Å²) >= 11 is 0. The molecule has 4 aromatic rings. The average molecular weight is 518 g/mol. The van der Waals surface area contributed by atoms with Crippen molar-refractivity contribution < 1.29 is 13.6 Å². The van der Waals surface area contributed by atoms with Crippen LogP contribution >= 0.6 is 0 Å².